The molecule has 0 radical (unpaired) electrons. The van der Waals surface area contributed by atoms with E-state index in [9.17, 15) is 0 Å². The molecule has 2 heterocycles. The predicted octanol–water partition coefficient (Wildman–Crippen LogP) is 0.677. The summed E-state index contributed by atoms with van der Waals surface area (Å²) in [7, 11) is 0. The Kier molecular flexibility index (Phi) is 5.53. The summed E-state index contributed by atoms with van der Waals surface area (Å²) in [6.45, 7) is 5.63. The van der Waals surface area contributed by atoms with Crippen LogP contribution in [0.15, 0.2) is 12.3 Å². The third kappa shape index (κ3) is 4.81. The van der Waals surface area contributed by atoms with Crippen molar-refractivity contribution < 1.29 is 4.74 Å². The fourth-order valence-corrected chi connectivity index (χ4v) is 1.99. The first kappa shape index (κ1) is 13.7. The largest absolute Gasteiger partial charge is 0.379 e. The van der Waals surface area contributed by atoms with E-state index in [1.165, 1.54) is 0 Å². The lowest BCUT2D eigenvalue weighted by molar-refractivity contribution is 0.0378. The maximum absolute atomic E-state index is 8.62. The Morgan fingerprint density at radius 3 is 3.05 bits per heavy atom. The normalized spacial score (nSPS) is 15.9. The lowest BCUT2D eigenvalue weighted by Gasteiger charge is -2.26. The van der Waals surface area contributed by atoms with E-state index in [1.54, 1.807) is 12.3 Å². The molecule has 0 bridgehead atoms. The molecule has 0 aromatic carbocycles. The van der Waals surface area contributed by atoms with E-state index >= 15 is 0 Å². The second kappa shape index (κ2) is 7.67. The topological polar surface area (TPSA) is 74.1 Å². The minimum atomic E-state index is 0.324. The maximum Gasteiger partial charge on any atom is 0.222 e. The van der Waals surface area contributed by atoms with E-state index in [0.29, 0.717) is 12.4 Å². The summed E-state index contributed by atoms with van der Waals surface area (Å²) in [4.78, 5) is 10.8. The van der Waals surface area contributed by atoms with Gasteiger partial charge in [-0.05, 0) is 19.0 Å². The molecule has 0 unspecified atom stereocenters. The fraction of sp³-hybridized carbons (Fsp3) is 0.615. The minimum absolute atomic E-state index is 0.324. The Morgan fingerprint density at radius 2 is 2.26 bits per heavy atom. The predicted molar refractivity (Wildman–Crippen MR) is 71.7 cm³/mol. The Morgan fingerprint density at radius 1 is 1.42 bits per heavy atom. The van der Waals surface area contributed by atoms with Crippen molar-refractivity contribution in [3.63, 3.8) is 0 Å². The summed E-state index contributed by atoms with van der Waals surface area (Å²) in [5.74, 6) is 0.606. The number of nitrogens with one attached hydrogen (secondary N) is 1. The van der Waals surface area contributed by atoms with Gasteiger partial charge in [0, 0.05) is 25.8 Å². The monoisotopic (exact) mass is 261 g/mol. The number of rotatable bonds is 6. The highest BCUT2D eigenvalue weighted by Crippen LogP contribution is 2.02. The van der Waals surface area contributed by atoms with Crippen LogP contribution >= 0.6 is 0 Å². The number of aromatic nitrogens is 2. The molecule has 1 aliphatic rings. The van der Waals surface area contributed by atoms with Gasteiger partial charge < -0.3 is 10.1 Å². The fourth-order valence-electron chi connectivity index (χ4n) is 1.99. The van der Waals surface area contributed by atoms with Crippen LogP contribution in [-0.4, -0.2) is 54.3 Å². The van der Waals surface area contributed by atoms with Crippen LogP contribution in [-0.2, 0) is 11.2 Å². The summed E-state index contributed by atoms with van der Waals surface area (Å²) < 4.78 is 5.31. The molecular weight excluding hydrogens is 242 g/mol. The van der Waals surface area contributed by atoms with Crippen molar-refractivity contribution in [1.29, 1.82) is 5.26 Å². The van der Waals surface area contributed by atoms with E-state index < -0.39 is 0 Å². The SMILES string of the molecule is N#CCc1ccnc(NCCCN2CCOCC2)n1. The highest BCUT2D eigenvalue weighted by atomic mass is 16.5. The zero-order valence-corrected chi connectivity index (χ0v) is 11.0. The molecule has 6 heteroatoms. The van der Waals surface area contributed by atoms with Gasteiger partial charge in [0.1, 0.15) is 0 Å². The summed E-state index contributed by atoms with van der Waals surface area (Å²) in [5.41, 5.74) is 0.758. The first-order valence-corrected chi connectivity index (χ1v) is 6.61. The molecule has 0 amide bonds. The van der Waals surface area contributed by atoms with Gasteiger partial charge in [-0.2, -0.15) is 5.26 Å². The third-order valence-electron chi connectivity index (χ3n) is 3.01. The quantitative estimate of drug-likeness (QED) is 0.759. The average molecular weight is 261 g/mol. The summed E-state index contributed by atoms with van der Waals surface area (Å²) in [6, 6.07) is 3.85. The number of morpholine rings is 1. The highest BCUT2D eigenvalue weighted by Gasteiger charge is 2.09. The van der Waals surface area contributed by atoms with Crippen LogP contribution in [0.5, 0.6) is 0 Å². The van der Waals surface area contributed by atoms with Crippen LogP contribution in [0.4, 0.5) is 5.95 Å². The van der Waals surface area contributed by atoms with Crippen LogP contribution in [0.1, 0.15) is 12.1 Å². The summed E-state index contributed by atoms with van der Waals surface area (Å²) >= 11 is 0. The Hall–Kier alpha value is -1.71. The highest BCUT2D eigenvalue weighted by molar-refractivity contribution is 5.25. The number of anilines is 1. The van der Waals surface area contributed by atoms with Crippen LogP contribution in [0.25, 0.3) is 0 Å². The van der Waals surface area contributed by atoms with Crippen molar-refractivity contribution in [2.75, 3.05) is 44.7 Å². The molecule has 102 valence electrons. The number of nitriles is 1. The van der Waals surface area contributed by atoms with E-state index in [1.807, 2.05) is 0 Å². The van der Waals surface area contributed by atoms with Crippen LogP contribution in [0.3, 0.4) is 0 Å². The number of hydrogen-bond donors (Lipinski definition) is 1. The van der Waals surface area contributed by atoms with Crippen molar-refractivity contribution >= 4 is 5.95 Å². The molecule has 1 aromatic rings. The lowest BCUT2D eigenvalue weighted by Crippen LogP contribution is -2.37. The van der Waals surface area contributed by atoms with Gasteiger partial charge in [0.25, 0.3) is 0 Å². The molecule has 1 aromatic heterocycles. The van der Waals surface area contributed by atoms with E-state index in [0.717, 1.165) is 51.5 Å². The van der Waals surface area contributed by atoms with Gasteiger partial charge in [-0.3, -0.25) is 4.90 Å². The van der Waals surface area contributed by atoms with Crippen LogP contribution in [0, 0.1) is 11.3 Å². The molecule has 0 atom stereocenters. The molecule has 0 spiro atoms. The molecule has 19 heavy (non-hydrogen) atoms. The minimum Gasteiger partial charge on any atom is -0.379 e. The first-order chi connectivity index (χ1) is 9.38. The van der Waals surface area contributed by atoms with Crippen molar-refractivity contribution in [2.24, 2.45) is 0 Å². The van der Waals surface area contributed by atoms with Crippen molar-refractivity contribution in [3.8, 4) is 6.07 Å². The second-order valence-corrected chi connectivity index (χ2v) is 4.44. The molecule has 0 aliphatic carbocycles. The van der Waals surface area contributed by atoms with Crippen LogP contribution in [0.2, 0.25) is 0 Å². The molecular formula is C13H19N5O. The van der Waals surface area contributed by atoms with Crippen molar-refractivity contribution in [3.05, 3.63) is 18.0 Å². The van der Waals surface area contributed by atoms with Crippen LogP contribution < -0.4 is 5.32 Å². The Bertz CT molecular complexity index is 425. The number of nitrogens with zero attached hydrogens (tertiary/aromatic N) is 4. The maximum atomic E-state index is 8.62. The van der Waals surface area contributed by atoms with Gasteiger partial charge in [-0.25, -0.2) is 9.97 Å². The molecule has 6 nitrogen and oxygen atoms in total. The zero-order chi connectivity index (χ0) is 13.3. The summed E-state index contributed by atoms with van der Waals surface area (Å²) in [6.07, 6.45) is 3.06. The molecule has 1 saturated heterocycles. The van der Waals surface area contributed by atoms with Gasteiger partial charge in [0.2, 0.25) is 5.95 Å². The molecule has 1 N–H and O–H groups in total. The summed E-state index contributed by atoms with van der Waals surface area (Å²) in [5, 5.41) is 11.8. The zero-order valence-electron chi connectivity index (χ0n) is 11.0. The molecule has 0 saturated carbocycles. The number of ether oxygens (including phenoxy) is 1. The van der Waals surface area contributed by atoms with Crippen molar-refractivity contribution in [1.82, 2.24) is 14.9 Å². The Balaban J connectivity index is 1.67. The number of hydrogen-bond acceptors (Lipinski definition) is 6. The lowest BCUT2D eigenvalue weighted by atomic mass is 10.3. The Labute approximate surface area is 113 Å². The molecule has 1 fully saturated rings. The molecule has 2 rings (SSSR count). The first-order valence-electron chi connectivity index (χ1n) is 6.61. The average Bonchev–Trinajstić information content (AvgIpc) is 2.46. The van der Waals surface area contributed by atoms with E-state index in [2.05, 4.69) is 26.3 Å². The van der Waals surface area contributed by atoms with Gasteiger partial charge in [-0.15, -0.1) is 0 Å². The van der Waals surface area contributed by atoms with Gasteiger partial charge in [0.05, 0.1) is 31.4 Å². The van der Waals surface area contributed by atoms with E-state index in [4.69, 9.17) is 10.00 Å². The second-order valence-electron chi connectivity index (χ2n) is 4.44. The van der Waals surface area contributed by atoms with E-state index in [-0.39, 0.29) is 0 Å². The van der Waals surface area contributed by atoms with Gasteiger partial charge in [-0.1, -0.05) is 0 Å². The molecule has 1 aliphatic heterocycles. The smallest absolute Gasteiger partial charge is 0.222 e. The standard InChI is InChI=1S/C13H19N5O/c14-4-2-12-3-6-16-13(17-12)15-5-1-7-18-8-10-19-11-9-18/h3,6H,1-2,5,7-11H2,(H,15,16,17). The van der Waals surface area contributed by atoms with Gasteiger partial charge >= 0.3 is 0 Å². The van der Waals surface area contributed by atoms with Gasteiger partial charge in [0.15, 0.2) is 0 Å². The third-order valence-corrected chi connectivity index (χ3v) is 3.01. The van der Waals surface area contributed by atoms with Crippen molar-refractivity contribution in [2.45, 2.75) is 12.8 Å².